The molecule has 26 heavy (non-hydrogen) atoms. The Morgan fingerprint density at radius 2 is 1.92 bits per heavy atom. The molecule has 0 spiro atoms. The average Bonchev–Trinajstić information content (AvgIpc) is 2.55. The van der Waals surface area contributed by atoms with Gasteiger partial charge in [-0.15, -0.1) is 0 Å². The van der Waals surface area contributed by atoms with Crippen LogP contribution >= 0.6 is 0 Å². The van der Waals surface area contributed by atoms with Crippen molar-refractivity contribution < 1.29 is 8.42 Å². The Kier molecular flexibility index (Phi) is 6.69. The summed E-state index contributed by atoms with van der Waals surface area (Å²) in [6.45, 7) is 8.77. The van der Waals surface area contributed by atoms with Crippen molar-refractivity contribution in [2.45, 2.75) is 38.6 Å². The van der Waals surface area contributed by atoms with E-state index in [4.69, 9.17) is 4.99 Å². The Hall–Kier alpha value is -1.60. The Morgan fingerprint density at radius 1 is 1.27 bits per heavy atom. The fourth-order valence-electron chi connectivity index (χ4n) is 3.12. The maximum Gasteiger partial charge on any atom is 0.194 e. The molecule has 0 aromatic heterocycles. The van der Waals surface area contributed by atoms with Gasteiger partial charge in [0.15, 0.2) is 15.8 Å². The zero-order chi connectivity index (χ0) is 19.4. The van der Waals surface area contributed by atoms with E-state index in [1.807, 2.05) is 13.0 Å². The second-order valence-corrected chi connectivity index (χ2v) is 10.4. The molecule has 1 saturated heterocycles. The number of nitrogens with zero attached hydrogens (tertiary/aromatic N) is 3. The van der Waals surface area contributed by atoms with Crippen molar-refractivity contribution in [3.63, 3.8) is 0 Å². The van der Waals surface area contributed by atoms with E-state index in [2.05, 4.69) is 47.4 Å². The van der Waals surface area contributed by atoms with E-state index in [0.717, 1.165) is 19.0 Å². The van der Waals surface area contributed by atoms with Crippen LogP contribution in [0.1, 0.15) is 31.9 Å². The third kappa shape index (κ3) is 4.98. The lowest BCUT2D eigenvalue weighted by molar-refractivity contribution is 0.353. The molecule has 7 heteroatoms. The molecule has 0 unspecified atom stereocenters. The molecule has 1 aliphatic rings. The van der Waals surface area contributed by atoms with Gasteiger partial charge in [0, 0.05) is 26.2 Å². The van der Waals surface area contributed by atoms with Crippen molar-refractivity contribution in [3.05, 3.63) is 35.4 Å². The lowest BCUT2D eigenvalue weighted by atomic mass is 10.1. The van der Waals surface area contributed by atoms with Gasteiger partial charge < -0.3 is 15.1 Å². The maximum absolute atomic E-state index is 12.3. The monoisotopic (exact) mass is 380 g/mol. The van der Waals surface area contributed by atoms with Crippen LogP contribution in [0.5, 0.6) is 0 Å². The first-order chi connectivity index (χ1) is 12.2. The Morgan fingerprint density at radius 3 is 2.50 bits per heavy atom. The summed E-state index contributed by atoms with van der Waals surface area (Å²) in [6, 6.07) is 8.33. The molecule has 0 radical (unpaired) electrons. The summed E-state index contributed by atoms with van der Waals surface area (Å²) in [5.74, 6) is 0.955. The predicted molar refractivity (Wildman–Crippen MR) is 108 cm³/mol. The summed E-state index contributed by atoms with van der Waals surface area (Å²) in [5, 5.41) is 3.32. The van der Waals surface area contributed by atoms with Crippen LogP contribution in [0, 0.1) is 0 Å². The highest BCUT2D eigenvalue weighted by atomic mass is 32.2. The fraction of sp³-hybridized carbons (Fsp3) is 0.632. The second kappa shape index (κ2) is 8.39. The molecule has 2 rings (SSSR count). The van der Waals surface area contributed by atoms with Crippen LogP contribution in [0.3, 0.4) is 0 Å². The summed E-state index contributed by atoms with van der Waals surface area (Å²) in [7, 11) is 1.05. The SMILES string of the molecule is CCNC(=NCc1ccccc1CN(C)C)N1CCS(=O)(=O)C(C)(C)C1. The Bertz CT molecular complexity index is 742. The molecule has 0 atom stereocenters. The van der Waals surface area contributed by atoms with Crippen LogP contribution in [-0.2, 0) is 22.9 Å². The van der Waals surface area contributed by atoms with Gasteiger partial charge in [-0.1, -0.05) is 24.3 Å². The number of hydrogen-bond donors (Lipinski definition) is 1. The Balaban J connectivity index is 2.20. The van der Waals surface area contributed by atoms with E-state index in [0.29, 0.717) is 19.6 Å². The molecule has 0 amide bonds. The molecule has 146 valence electrons. The van der Waals surface area contributed by atoms with Crippen LogP contribution in [-0.4, -0.2) is 68.4 Å². The molecule has 1 N–H and O–H groups in total. The molecule has 1 aromatic rings. The van der Waals surface area contributed by atoms with Crippen LogP contribution in [0.4, 0.5) is 0 Å². The van der Waals surface area contributed by atoms with Gasteiger partial charge >= 0.3 is 0 Å². The molecule has 0 aliphatic carbocycles. The zero-order valence-electron chi connectivity index (χ0n) is 16.6. The number of rotatable bonds is 5. The molecule has 1 heterocycles. The highest BCUT2D eigenvalue weighted by molar-refractivity contribution is 7.92. The van der Waals surface area contributed by atoms with E-state index in [-0.39, 0.29) is 5.75 Å². The maximum atomic E-state index is 12.3. The second-order valence-electron chi connectivity index (χ2n) is 7.68. The van der Waals surface area contributed by atoms with E-state index in [9.17, 15) is 8.42 Å². The van der Waals surface area contributed by atoms with Crippen molar-refractivity contribution in [2.24, 2.45) is 4.99 Å². The quantitative estimate of drug-likeness (QED) is 0.622. The molecular weight excluding hydrogens is 348 g/mol. The van der Waals surface area contributed by atoms with Crippen LogP contribution in [0.15, 0.2) is 29.3 Å². The first kappa shape index (κ1) is 20.7. The van der Waals surface area contributed by atoms with Crippen molar-refractivity contribution in [2.75, 3.05) is 39.5 Å². The lowest BCUT2D eigenvalue weighted by Crippen LogP contribution is -2.57. The van der Waals surface area contributed by atoms with Crippen molar-refractivity contribution >= 4 is 15.8 Å². The van der Waals surface area contributed by atoms with E-state index in [1.54, 1.807) is 13.8 Å². The molecule has 0 saturated carbocycles. The van der Waals surface area contributed by atoms with Crippen LogP contribution in [0.2, 0.25) is 0 Å². The van der Waals surface area contributed by atoms with E-state index in [1.165, 1.54) is 11.1 Å². The standard InChI is InChI=1S/C19H32N4O2S/c1-6-20-18(23-11-12-26(24,25)19(2,3)15-23)21-13-16-9-7-8-10-17(16)14-22(4)5/h7-10H,6,11-15H2,1-5H3,(H,20,21). The number of hydrogen-bond acceptors (Lipinski definition) is 4. The van der Waals surface area contributed by atoms with Gasteiger partial charge in [-0.05, 0) is 46.0 Å². The number of guanidine groups is 1. The third-order valence-electron chi connectivity index (χ3n) is 4.68. The minimum Gasteiger partial charge on any atom is -0.357 e. The van der Waals surface area contributed by atoms with E-state index >= 15 is 0 Å². The molecular formula is C19H32N4O2S. The molecule has 1 aliphatic heterocycles. The van der Waals surface area contributed by atoms with Gasteiger partial charge in [0.05, 0.1) is 17.0 Å². The van der Waals surface area contributed by atoms with Gasteiger partial charge in [-0.3, -0.25) is 0 Å². The largest absolute Gasteiger partial charge is 0.357 e. The number of sulfone groups is 1. The number of nitrogens with one attached hydrogen (secondary N) is 1. The number of benzene rings is 1. The summed E-state index contributed by atoms with van der Waals surface area (Å²) in [6.07, 6.45) is 0. The van der Waals surface area contributed by atoms with Gasteiger partial charge in [-0.2, -0.15) is 0 Å². The van der Waals surface area contributed by atoms with Crippen LogP contribution < -0.4 is 5.32 Å². The summed E-state index contributed by atoms with van der Waals surface area (Å²) >= 11 is 0. The highest BCUT2D eigenvalue weighted by Gasteiger charge is 2.40. The van der Waals surface area contributed by atoms with Gasteiger partial charge in [0.1, 0.15) is 0 Å². The predicted octanol–water partition coefficient (Wildman–Crippen LogP) is 1.72. The topological polar surface area (TPSA) is 65.0 Å². The third-order valence-corrected chi connectivity index (χ3v) is 7.22. The minimum absolute atomic E-state index is 0.168. The van der Waals surface area contributed by atoms with Gasteiger partial charge in [0.2, 0.25) is 0 Å². The number of aliphatic imine (C=N–C) groups is 1. The first-order valence-corrected chi connectivity index (χ1v) is 10.8. The van der Waals surface area contributed by atoms with E-state index < -0.39 is 14.6 Å². The summed E-state index contributed by atoms with van der Waals surface area (Å²) in [4.78, 5) is 9.02. The van der Waals surface area contributed by atoms with Crippen molar-refractivity contribution in [1.82, 2.24) is 15.1 Å². The smallest absolute Gasteiger partial charge is 0.194 e. The minimum atomic E-state index is -3.06. The molecule has 1 aromatic carbocycles. The zero-order valence-corrected chi connectivity index (χ0v) is 17.4. The molecule has 0 bridgehead atoms. The molecule has 1 fully saturated rings. The van der Waals surface area contributed by atoms with Gasteiger partial charge in [0.25, 0.3) is 0 Å². The fourth-order valence-corrected chi connectivity index (χ4v) is 4.48. The average molecular weight is 381 g/mol. The van der Waals surface area contributed by atoms with Crippen molar-refractivity contribution in [3.8, 4) is 0 Å². The van der Waals surface area contributed by atoms with Crippen molar-refractivity contribution in [1.29, 1.82) is 0 Å². The van der Waals surface area contributed by atoms with Gasteiger partial charge in [-0.25, -0.2) is 13.4 Å². The lowest BCUT2D eigenvalue weighted by Gasteiger charge is -2.39. The summed E-state index contributed by atoms with van der Waals surface area (Å²) in [5.41, 5.74) is 2.46. The summed E-state index contributed by atoms with van der Waals surface area (Å²) < 4.78 is 23.8. The van der Waals surface area contributed by atoms with Crippen LogP contribution in [0.25, 0.3) is 0 Å². The highest BCUT2D eigenvalue weighted by Crippen LogP contribution is 2.24. The normalized spacial score (nSPS) is 19.6. The Labute approximate surface area is 158 Å². The first-order valence-electron chi connectivity index (χ1n) is 9.13. The molecule has 6 nitrogen and oxygen atoms in total.